The summed E-state index contributed by atoms with van der Waals surface area (Å²) in [5.74, 6) is -0.342. The highest BCUT2D eigenvalue weighted by molar-refractivity contribution is 8.93. The van der Waals surface area contributed by atoms with Crippen LogP contribution in [-0.4, -0.2) is 5.97 Å². The van der Waals surface area contributed by atoms with Crippen LogP contribution in [0, 0.1) is 28.8 Å². The first-order valence-electron chi connectivity index (χ1n) is 4.66. The van der Waals surface area contributed by atoms with Gasteiger partial charge < -0.3 is 4.74 Å². The molecule has 0 N–H and O–H groups in total. The fourth-order valence-electron chi connectivity index (χ4n) is 1.91. The molecule has 0 aliphatic heterocycles. The Bertz CT molecular complexity index is 329. The van der Waals surface area contributed by atoms with Gasteiger partial charge >= 0.3 is 5.97 Å². The van der Waals surface area contributed by atoms with E-state index in [1.54, 1.807) is 0 Å². The van der Waals surface area contributed by atoms with Crippen LogP contribution < -0.4 is 0 Å². The van der Waals surface area contributed by atoms with Crippen LogP contribution >= 0.6 is 29.4 Å². The summed E-state index contributed by atoms with van der Waals surface area (Å²) >= 11 is 0. The average Bonchev–Trinajstić information content (AvgIpc) is 2.52. The van der Waals surface area contributed by atoms with Crippen molar-refractivity contribution >= 4 is 35.4 Å². The Morgan fingerprint density at radius 3 is 2.31 bits per heavy atom. The third-order valence-corrected chi connectivity index (χ3v) is 2.82. The topological polar surface area (TPSA) is 50.1 Å². The average molecular weight is 311 g/mol. The third kappa shape index (κ3) is 3.50. The Labute approximate surface area is 113 Å². The van der Waals surface area contributed by atoms with Crippen molar-refractivity contribution in [3.05, 3.63) is 11.6 Å². The zero-order valence-electron chi connectivity index (χ0n) is 9.81. The predicted molar refractivity (Wildman–Crippen MR) is 69.5 cm³/mol. The number of allylic oxidation sites excluding steroid dienone is 2. The van der Waals surface area contributed by atoms with Crippen molar-refractivity contribution in [2.45, 2.75) is 27.7 Å². The molecule has 2 unspecified atom stereocenters. The molecule has 92 valence electrons. The molecule has 1 fully saturated rings. The number of hydrogen-bond acceptors (Lipinski definition) is 3. The van der Waals surface area contributed by atoms with Gasteiger partial charge in [-0.05, 0) is 25.2 Å². The standard InChI is InChI=1S/C11H15NO2.BrH.ClH/c1-7(2)5-8-9(11(8,3)4)10(13)14-6-12;;/h5,8-9H,1-4H3;2*1H. The van der Waals surface area contributed by atoms with E-state index in [0.717, 1.165) is 0 Å². The van der Waals surface area contributed by atoms with Gasteiger partial charge in [-0.2, -0.15) is 0 Å². The van der Waals surface area contributed by atoms with E-state index in [0.29, 0.717) is 0 Å². The van der Waals surface area contributed by atoms with Gasteiger partial charge in [0.2, 0.25) is 0 Å². The van der Waals surface area contributed by atoms with Crippen LogP contribution in [0.3, 0.4) is 0 Å². The molecule has 2 atom stereocenters. The van der Waals surface area contributed by atoms with Crippen LogP contribution in [0.1, 0.15) is 27.7 Å². The first-order valence-corrected chi connectivity index (χ1v) is 4.66. The van der Waals surface area contributed by atoms with Gasteiger partial charge in [0.1, 0.15) is 0 Å². The van der Waals surface area contributed by atoms with Crippen LogP contribution in [0.5, 0.6) is 0 Å². The Hall–Kier alpha value is -0.530. The predicted octanol–water partition coefficient (Wildman–Crippen LogP) is 3.25. The van der Waals surface area contributed by atoms with Gasteiger partial charge in [-0.25, -0.2) is 0 Å². The Morgan fingerprint density at radius 1 is 1.44 bits per heavy atom. The van der Waals surface area contributed by atoms with Crippen molar-refractivity contribution < 1.29 is 9.53 Å². The number of carbonyl (C=O) groups excluding carboxylic acids is 1. The molecular formula is C11H17BrClNO2. The second-order valence-electron chi connectivity index (χ2n) is 4.58. The van der Waals surface area contributed by atoms with Crippen molar-refractivity contribution in [3.63, 3.8) is 0 Å². The maximum absolute atomic E-state index is 11.3. The number of ether oxygens (including phenoxy) is 1. The smallest absolute Gasteiger partial charge is 0.325 e. The summed E-state index contributed by atoms with van der Waals surface area (Å²) in [6.45, 7) is 8.03. The molecule has 5 heteroatoms. The Balaban J connectivity index is 0. The lowest BCUT2D eigenvalue weighted by atomic mass is 10.1. The van der Waals surface area contributed by atoms with Crippen molar-refractivity contribution in [2.24, 2.45) is 17.3 Å². The van der Waals surface area contributed by atoms with E-state index >= 15 is 0 Å². The van der Waals surface area contributed by atoms with Crippen LogP contribution in [0.15, 0.2) is 11.6 Å². The van der Waals surface area contributed by atoms with Crippen molar-refractivity contribution in [3.8, 4) is 6.26 Å². The number of rotatable bonds is 2. The molecule has 1 rings (SSSR count). The van der Waals surface area contributed by atoms with Crippen LogP contribution in [0.25, 0.3) is 0 Å². The van der Waals surface area contributed by atoms with E-state index in [4.69, 9.17) is 5.26 Å². The molecule has 0 spiro atoms. The van der Waals surface area contributed by atoms with Crippen molar-refractivity contribution in [1.82, 2.24) is 0 Å². The lowest BCUT2D eigenvalue weighted by Crippen LogP contribution is -2.07. The molecule has 0 aromatic rings. The number of nitrogens with zero attached hydrogens (tertiary/aromatic N) is 1. The zero-order chi connectivity index (χ0) is 10.9. The lowest BCUT2D eigenvalue weighted by Gasteiger charge is -1.97. The summed E-state index contributed by atoms with van der Waals surface area (Å²) in [5, 5.41) is 8.24. The number of hydrogen-bond donors (Lipinski definition) is 0. The Kier molecular flexibility index (Phi) is 6.99. The Morgan fingerprint density at radius 2 is 1.94 bits per heavy atom. The second kappa shape index (κ2) is 6.27. The monoisotopic (exact) mass is 309 g/mol. The first kappa shape index (κ1) is 17.9. The summed E-state index contributed by atoms with van der Waals surface area (Å²) in [4.78, 5) is 11.3. The molecule has 3 nitrogen and oxygen atoms in total. The minimum atomic E-state index is -0.403. The van der Waals surface area contributed by atoms with E-state index < -0.39 is 5.97 Å². The second-order valence-corrected chi connectivity index (χ2v) is 4.58. The fraction of sp³-hybridized carbons (Fsp3) is 0.636. The summed E-state index contributed by atoms with van der Waals surface area (Å²) in [6.07, 6.45) is 3.50. The van der Waals surface area contributed by atoms with Gasteiger partial charge in [0.25, 0.3) is 6.26 Å². The summed E-state index contributed by atoms with van der Waals surface area (Å²) < 4.78 is 4.35. The van der Waals surface area contributed by atoms with Gasteiger partial charge in [0.15, 0.2) is 0 Å². The minimum absolute atomic E-state index is 0. The van der Waals surface area contributed by atoms with E-state index in [2.05, 4.69) is 10.8 Å². The molecule has 0 aromatic heterocycles. The molecule has 0 saturated heterocycles. The zero-order valence-corrected chi connectivity index (χ0v) is 12.3. The SMILES string of the molecule is Br.CC(C)=CC1C(C(=O)OC#N)C1(C)C.Cl. The van der Waals surface area contributed by atoms with E-state index in [9.17, 15) is 4.79 Å². The highest BCUT2D eigenvalue weighted by atomic mass is 79.9. The maximum Gasteiger partial charge on any atom is 0.325 e. The molecular weight excluding hydrogens is 293 g/mol. The normalized spacial score (nSPS) is 23.9. The lowest BCUT2D eigenvalue weighted by molar-refractivity contribution is -0.139. The largest absolute Gasteiger partial charge is 0.351 e. The molecule has 16 heavy (non-hydrogen) atoms. The molecule has 0 amide bonds. The van der Waals surface area contributed by atoms with Gasteiger partial charge in [0.05, 0.1) is 5.92 Å². The van der Waals surface area contributed by atoms with Gasteiger partial charge in [-0.1, -0.05) is 25.5 Å². The number of halogens is 2. The van der Waals surface area contributed by atoms with E-state index in [1.807, 2.05) is 27.7 Å². The number of esters is 1. The van der Waals surface area contributed by atoms with Gasteiger partial charge in [-0.3, -0.25) is 4.79 Å². The number of carbonyl (C=O) groups is 1. The first-order chi connectivity index (χ1) is 6.41. The highest BCUT2D eigenvalue weighted by Crippen LogP contribution is 2.59. The van der Waals surface area contributed by atoms with E-state index in [-0.39, 0.29) is 46.6 Å². The minimum Gasteiger partial charge on any atom is -0.351 e. The third-order valence-electron chi connectivity index (χ3n) is 2.82. The summed E-state index contributed by atoms with van der Waals surface area (Å²) in [7, 11) is 0. The molecule has 0 bridgehead atoms. The molecule has 1 saturated carbocycles. The highest BCUT2D eigenvalue weighted by Gasteiger charge is 2.61. The molecule has 0 heterocycles. The number of nitriles is 1. The van der Waals surface area contributed by atoms with Crippen molar-refractivity contribution in [2.75, 3.05) is 0 Å². The van der Waals surface area contributed by atoms with E-state index in [1.165, 1.54) is 11.8 Å². The van der Waals surface area contributed by atoms with Gasteiger partial charge in [-0.15, -0.1) is 34.7 Å². The molecule has 0 aromatic carbocycles. The fourth-order valence-corrected chi connectivity index (χ4v) is 1.91. The summed E-state index contributed by atoms with van der Waals surface area (Å²) in [5.41, 5.74) is 1.13. The molecule has 1 aliphatic carbocycles. The maximum atomic E-state index is 11.3. The van der Waals surface area contributed by atoms with Crippen LogP contribution in [-0.2, 0) is 9.53 Å². The summed E-state index contributed by atoms with van der Waals surface area (Å²) in [6, 6.07) is 0. The van der Waals surface area contributed by atoms with Crippen LogP contribution in [0.4, 0.5) is 0 Å². The van der Waals surface area contributed by atoms with Gasteiger partial charge in [0, 0.05) is 0 Å². The quantitative estimate of drug-likeness (QED) is 0.447. The van der Waals surface area contributed by atoms with Crippen LogP contribution in [0.2, 0.25) is 0 Å². The molecule has 0 radical (unpaired) electrons. The molecule has 1 aliphatic rings. The van der Waals surface area contributed by atoms with Crippen molar-refractivity contribution in [1.29, 1.82) is 5.26 Å².